The number of aliphatic hydroxyl groups is 4. The SMILES string of the molecule is C[C@H]1c2cccc(O)c2C(O)=C2C(=O)[C@]3(O)CC(C(N)=O)=C(O)[C@@H](N(C)C)C3C(O)C21. The van der Waals surface area contributed by atoms with Crippen LogP contribution in [0.2, 0.25) is 0 Å². The van der Waals surface area contributed by atoms with Crippen LogP contribution in [-0.4, -0.2) is 74.0 Å². The molecule has 6 atom stereocenters. The lowest BCUT2D eigenvalue weighted by molar-refractivity contribution is -0.168. The van der Waals surface area contributed by atoms with Crippen LogP contribution in [0.25, 0.3) is 5.76 Å². The van der Waals surface area contributed by atoms with E-state index in [0.717, 1.165) is 0 Å². The Hall–Kier alpha value is -2.88. The Morgan fingerprint density at radius 2 is 1.87 bits per heavy atom. The van der Waals surface area contributed by atoms with Crippen molar-refractivity contribution in [2.75, 3.05) is 14.1 Å². The Bertz CT molecular complexity index is 1060. The molecule has 0 saturated heterocycles. The van der Waals surface area contributed by atoms with E-state index < -0.39 is 65.1 Å². The fourth-order valence-electron chi connectivity index (χ4n) is 5.68. The van der Waals surface area contributed by atoms with E-state index in [1.54, 1.807) is 33.2 Å². The van der Waals surface area contributed by atoms with E-state index in [-0.39, 0.29) is 22.5 Å². The molecule has 166 valence electrons. The molecule has 4 rings (SSSR count). The number of amides is 1. The van der Waals surface area contributed by atoms with Crippen molar-refractivity contribution in [2.24, 2.45) is 17.6 Å². The predicted octanol–water partition coefficient (Wildman–Crippen LogP) is 0.317. The number of fused-ring (bicyclic) bond motifs is 3. The molecule has 1 aromatic rings. The molecule has 0 aliphatic heterocycles. The first-order valence-corrected chi connectivity index (χ1v) is 10.0. The number of Topliss-reactive ketones (excluding diaryl/α,β-unsaturated/α-hetero) is 1. The first kappa shape index (κ1) is 21.4. The summed E-state index contributed by atoms with van der Waals surface area (Å²) in [5, 5.41) is 55.0. The van der Waals surface area contributed by atoms with Gasteiger partial charge in [0, 0.05) is 23.8 Å². The summed E-state index contributed by atoms with van der Waals surface area (Å²) in [6.45, 7) is 1.76. The predicted molar refractivity (Wildman–Crippen MR) is 110 cm³/mol. The highest BCUT2D eigenvalue weighted by Gasteiger charge is 2.64. The van der Waals surface area contributed by atoms with Gasteiger partial charge in [-0.2, -0.15) is 0 Å². The van der Waals surface area contributed by atoms with Gasteiger partial charge in [-0.1, -0.05) is 19.1 Å². The molecule has 0 heterocycles. The van der Waals surface area contributed by atoms with E-state index in [2.05, 4.69) is 0 Å². The van der Waals surface area contributed by atoms with Crippen molar-refractivity contribution >= 4 is 17.4 Å². The molecule has 1 amide bonds. The number of aromatic hydroxyl groups is 1. The summed E-state index contributed by atoms with van der Waals surface area (Å²) in [5.41, 5.74) is 3.24. The van der Waals surface area contributed by atoms with Crippen LogP contribution in [0, 0.1) is 11.8 Å². The second-order valence-corrected chi connectivity index (χ2v) is 8.90. The van der Waals surface area contributed by atoms with Crippen LogP contribution in [-0.2, 0) is 9.59 Å². The van der Waals surface area contributed by atoms with E-state index in [0.29, 0.717) is 5.56 Å². The summed E-state index contributed by atoms with van der Waals surface area (Å²) >= 11 is 0. The largest absolute Gasteiger partial charge is 0.510 e. The number of ketones is 1. The molecular weight excluding hydrogens is 404 g/mol. The van der Waals surface area contributed by atoms with Crippen molar-refractivity contribution in [2.45, 2.75) is 37.0 Å². The number of carbonyl (C=O) groups excluding carboxylic acids is 2. The van der Waals surface area contributed by atoms with E-state index in [4.69, 9.17) is 5.73 Å². The summed E-state index contributed by atoms with van der Waals surface area (Å²) in [6, 6.07) is 3.62. The van der Waals surface area contributed by atoms with Crippen LogP contribution < -0.4 is 5.73 Å². The molecule has 1 aromatic carbocycles. The monoisotopic (exact) mass is 430 g/mol. The molecule has 1 fully saturated rings. The van der Waals surface area contributed by atoms with E-state index >= 15 is 0 Å². The summed E-state index contributed by atoms with van der Waals surface area (Å²) in [6.07, 6.45) is -1.95. The molecule has 31 heavy (non-hydrogen) atoms. The van der Waals surface area contributed by atoms with Crippen molar-refractivity contribution in [1.82, 2.24) is 4.90 Å². The average Bonchev–Trinajstić information content (AvgIpc) is 2.69. The van der Waals surface area contributed by atoms with Gasteiger partial charge in [-0.3, -0.25) is 14.5 Å². The quantitative estimate of drug-likeness (QED) is 0.390. The lowest BCUT2D eigenvalue weighted by Gasteiger charge is -2.54. The number of nitrogens with two attached hydrogens (primary N) is 1. The van der Waals surface area contributed by atoms with Gasteiger partial charge in [0.15, 0.2) is 5.78 Å². The van der Waals surface area contributed by atoms with Crippen molar-refractivity contribution in [3.8, 4) is 5.75 Å². The minimum absolute atomic E-state index is 0.0809. The maximum Gasteiger partial charge on any atom is 0.248 e. The average molecular weight is 430 g/mol. The molecule has 3 aliphatic carbocycles. The Kier molecular flexibility index (Phi) is 4.69. The summed E-state index contributed by atoms with van der Waals surface area (Å²) in [5.74, 6) is -5.52. The fourth-order valence-corrected chi connectivity index (χ4v) is 5.68. The number of likely N-dealkylation sites (N-methyl/N-ethyl adjacent to an activating group) is 1. The highest BCUT2D eigenvalue weighted by molar-refractivity contribution is 6.10. The van der Waals surface area contributed by atoms with Crippen LogP contribution >= 0.6 is 0 Å². The van der Waals surface area contributed by atoms with Gasteiger partial charge in [0.1, 0.15) is 22.9 Å². The van der Waals surface area contributed by atoms with Crippen molar-refractivity contribution in [1.29, 1.82) is 0 Å². The number of hydrogen-bond donors (Lipinski definition) is 6. The number of phenols is 1. The Morgan fingerprint density at radius 1 is 1.23 bits per heavy atom. The molecule has 1 saturated carbocycles. The maximum absolute atomic E-state index is 13.6. The van der Waals surface area contributed by atoms with Crippen molar-refractivity contribution in [3.63, 3.8) is 0 Å². The molecule has 0 spiro atoms. The second kappa shape index (κ2) is 6.81. The number of rotatable bonds is 2. The Morgan fingerprint density at radius 3 is 2.45 bits per heavy atom. The normalized spacial score (nSPS) is 35.0. The summed E-state index contributed by atoms with van der Waals surface area (Å²) in [7, 11) is 3.17. The van der Waals surface area contributed by atoms with Crippen molar-refractivity contribution < 1.29 is 35.1 Å². The zero-order valence-corrected chi connectivity index (χ0v) is 17.4. The van der Waals surface area contributed by atoms with E-state index in [9.17, 15) is 35.1 Å². The standard InChI is InChI=1S/C22H26N2O7/c1-8-9-5-4-6-11(25)13(9)18(27)14-12(8)19(28)15-16(24(2)3)17(26)10(21(23)30)7-22(15,31)20(14)29/h4-6,8,12,15-16,19,25-28,31H,7H2,1-3H3,(H2,23,30)/t8-,12?,15?,16-,19?,22-/m0/s1. The van der Waals surface area contributed by atoms with Gasteiger partial charge in [-0.15, -0.1) is 0 Å². The van der Waals surface area contributed by atoms with Crippen LogP contribution in [0.4, 0.5) is 0 Å². The maximum atomic E-state index is 13.6. The van der Waals surface area contributed by atoms with E-state index in [1.807, 2.05) is 0 Å². The van der Waals surface area contributed by atoms with Gasteiger partial charge in [0.25, 0.3) is 0 Å². The topological polar surface area (TPSA) is 165 Å². The third-order valence-electron chi connectivity index (χ3n) is 7.08. The number of carbonyl (C=O) groups is 2. The van der Waals surface area contributed by atoms with Gasteiger partial charge in [0.2, 0.25) is 5.91 Å². The third-order valence-corrected chi connectivity index (χ3v) is 7.08. The molecular formula is C22H26N2O7. The molecule has 0 aromatic heterocycles. The molecule has 3 unspecified atom stereocenters. The minimum Gasteiger partial charge on any atom is -0.510 e. The van der Waals surface area contributed by atoms with Gasteiger partial charge >= 0.3 is 0 Å². The number of nitrogens with zero attached hydrogens (tertiary/aromatic N) is 1. The summed E-state index contributed by atoms with van der Waals surface area (Å²) < 4.78 is 0. The van der Waals surface area contributed by atoms with Crippen LogP contribution in [0.15, 0.2) is 35.1 Å². The first-order valence-electron chi connectivity index (χ1n) is 10.0. The van der Waals surface area contributed by atoms with Crippen LogP contribution in [0.3, 0.4) is 0 Å². The highest BCUT2D eigenvalue weighted by Crippen LogP contribution is 2.56. The molecule has 7 N–H and O–H groups in total. The van der Waals surface area contributed by atoms with Crippen LogP contribution in [0.5, 0.6) is 5.75 Å². The molecule has 0 radical (unpaired) electrons. The summed E-state index contributed by atoms with van der Waals surface area (Å²) in [4.78, 5) is 27.1. The zero-order chi connectivity index (χ0) is 23.0. The lowest BCUT2D eigenvalue weighted by Crippen LogP contribution is -2.67. The van der Waals surface area contributed by atoms with Gasteiger partial charge in [-0.25, -0.2) is 0 Å². The van der Waals surface area contributed by atoms with Crippen LogP contribution in [0.1, 0.15) is 30.4 Å². The molecule has 9 heteroatoms. The third kappa shape index (κ3) is 2.67. The number of aliphatic hydroxyl groups excluding tert-OH is 3. The molecule has 0 bridgehead atoms. The highest BCUT2D eigenvalue weighted by atomic mass is 16.3. The second-order valence-electron chi connectivity index (χ2n) is 8.90. The smallest absolute Gasteiger partial charge is 0.248 e. The number of primary amides is 1. The molecule has 3 aliphatic rings. The first-order chi connectivity index (χ1) is 14.4. The Labute approximate surface area is 178 Å². The zero-order valence-electron chi connectivity index (χ0n) is 17.4. The van der Waals surface area contributed by atoms with Gasteiger partial charge in [0.05, 0.1) is 23.3 Å². The number of benzene rings is 1. The van der Waals surface area contributed by atoms with E-state index in [1.165, 1.54) is 11.0 Å². The minimum atomic E-state index is -2.29. The van der Waals surface area contributed by atoms with Gasteiger partial charge in [-0.05, 0) is 31.6 Å². The van der Waals surface area contributed by atoms with Gasteiger partial charge < -0.3 is 31.3 Å². The van der Waals surface area contributed by atoms with Crippen molar-refractivity contribution in [3.05, 3.63) is 46.2 Å². The number of hydrogen-bond acceptors (Lipinski definition) is 8. The number of phenolic OH excluding ortho intramolecular Hbond substituents is 1. The molecule has 9 nitrogen and oxygen atoms in total. The Balaban J connectivity index is 1.99. The fraction of sp³-hybridized carbons (Fsp3) is 0.455. The lowest BCUT2D eigenvalue weighted by atomic mass is 9.54.